The summed E-state index contributed by atoms with van der Waals surface area (Å²) in [7, 11) is -3.52. The van der Waals surface area contributed by atoms with Crippen LogP contribution in [0.15, 0.2) is 47.6 Å². The topological polar surface area (TPSA) is 73.5 Å². The minimum atomic E-state index is -3.52. The van der Waals surface area contributed by atoms with E-state index in [1.807, 2.05) is 18.3 Å². The highest BCUT2D eigenvalue weighted by atomic mass is 32.2. The van der Waals surface area contributed by atoms with Gasteiger partial charge in [-0.2, -0.15) is 4.31 Å². The van der Waals surface area contributed by atoms with Crippen LogP contribution >= 0.6 is 0 Å². The van der Waals surface area contributed by atoms with Gasteiger partial charge in [0.2, 0.25) is 15.9 Å². The van der Waals surface area contributed by atoms with E-state index in [0.29, 0.717) is 43.9 Å². The van der Waals surface area contributed by atoms with Crippen LogP contribution in [0.2, 0.25) is 0 Å². The molecule has 134 valence electrons. The van der Waals surface area contributed by atoms with Crippen molar-refractivity contribution in [1.29, 1.82) is 0 Å². The van der Waals surface area contributed by atoms with E-state index in [9.17, 15) is 13.2 Å². The number of H-pyrrole nitrogens is 1. The van der Waals surface area contributed by atoms with E-state index in [0.717, 1.165) is 11.1 Å². The Kier molecular flexibility index (Phi) is 5.24. The number of aryl methyl sites for hydroxylation is 1. The van der Waals surface area contributed by atoms with E-state index >= 15 is 0 Å². The second-order valence-electron chi connectivity index (χ2n) is 6.30. The predicted molar refractivity (Wildman–Crippen MR) is 95.6 cm³/mol. The number of aromatic nitrogens is 1. The molecule has 0 atom stereocenters. The number of hydrogen-bond donors (Lipinski definition) is 1. The molecular weight excluding hydrogens is 338 g/mol. The van der Waals surface area contributed by atoms with Gasteiger partial charge in [0.1, 0.15) is 0 Å². The minimum Gasteiger partial charge on any atom is -0.367 e. The van der Waals surface area contributed by atoms with Gasteiger partial charge in [0, 0.05) is 38.6 Å². The molecule has 0 aliphatic carbocycles. The second-order valence-corrected chi connectivity index (χ2v) is 8.21. The summed E-state index contributed by atoms with van der Waals surface area (Å²) in [4.78, 5) is 17.5. The number of rotatable bonds is 4. The zero-order valence-corrected chi connectivity index (χ0v) is 15.1. The molecule has 1 aromatic carbocycles. The van der Waals surface area contributed by atoms with Crippen LogP contribution in [-0.4, -0.2) is 54.7 Å². The van der Waals surface area contributed by atoms with Gasteiger partial charge in [-0.05, 0) is 36.6 Å². The number of benzene rings is 1. The molecule has 1 saturated heterocycles. The van der Waals surface area contributed by atoms with Gasteiger partial charge in [0.05, 0.1) is 11.3 Å². The Labute approximate surface area is 148 Å². The highest BCUT2D eigenvalue weighted by Gasteiger charge is 2.29. The number of nitrogens with zero attached hydrogens (tertiary/aromatic N) is 2. The summed E-state index contributed by atoms with van der Waals surface area (Å²) in [6.07, 6.45) is 4.59. The third-order valence-corrected chi connectivity index (χ3v) is 6.60. The quantitative estimate of drug-likeness (QED) is 0.902. The van der Waals surface area contributed by atoms with E-state index < -0.39 is 10.0 Å². The van der Waals surface area contributed by atoms with Crippen LogP contribution in [0.1, 0.15) is 17.5 Å². The molecule has 1 fully saturated rings. The molecule has 1 amide bonds. The number of carbonyl (C=O) groups excluding carboxylic acids is 1. The van der Waals surface area contributed by atoms with Crippen molar-refractivity contribution in [2.24, 2.45) is 0 Å². The fourth-order valence-electron chi connectivity index (χ4n) is 3.12. The maximum atomic E-state index is 12.9. The largest absolute Gasteiger partial charge is 0.367 e. The lowest BCUT2D eigenvalue weighted by atomic mass is 10.2. The Bertz CT molecular complexity index is 831. The van der Waals surface area contributed by atoms with Gasteiger partial charge in [-0.25, -0.2) is 8.42 Å². The number of hydrogen-bond acceptors (Lipinski definition) is 3. The Balaban J connectivity index is 1.69. The number of nitrogens with one attached hydrogen (secondary N) is 1. The summed E-state index contributed by atoms with van der Waals surface area (Å²) < 4.78 is 27.3. The normalized spacial score (nSPS) is 16.6. The summed E-state index contributed by atoms with van der Waals surface area (Å²) in [5, 5.41) is 0. The van der Waals surface area contributed by atoms with Crippen LogP contribution in [0.25, 0.3) is 0 Å². The van der Waals surface area contributed by atoms with Crippen LogP contribution in [0, 0.1) is 6.92 Å². The second kappa shape index (κ2) is 7.41. The van der Waals surface area contributed by atoms with E-state index in [1.165, 1.54) is 4.31 Å². The number of sulfonamides is 1. The van der Waals surface area contributed by atoms with Crippen LogP contribution in [0.4, 0.5) is 0 Å². The molecule has 25 heavy (non-hydrogen) atoms. The Morgan fingerprint density at radius 2 is 1.92 bits per heavy atom. The van der Waals surface area contributed by atoms with E-state index in [4.69, 9.17) is 0 Å². The monoisotopic (exact) mass is 361 g/mol. The number of amides is 1. The first-order valence-corrected chi connectivity index (χ1v) is 9.88. The molecule has 7 heteroatoms. The first kappa shape index (κ1) is 17.7. The van der Waals surface area contributed by atoms with Crippen LogP contribution in [0.3, 0.4) is 0 Å². The molecule has 2 aromatic rings. The molecule has 2 heterocycles. The van der Waals surface area contributed by atoms with Crippen molar-refractivity contribution in [3.63, 3.8) is 0 Å². The van der Waals surface area contributed by atoms with Crippen LogP contribution in [0.5, 0.6) is 0 Å². The summed E-state index contributed by atoms with van der Waals surface area (Å²) in [6.45, 7) is 3.58. The summed E-state index contributed by atoms with van der Waals surface area (Å²) in [5.41, 5.74) is 1.69. The fraction of sp³-hybridized carbons (Fsp3) is 0.389. The van der Waals surface area contributed by atoms with Crippen molar-refractivity contribution >= 4 is 15.9 Å². The highest BCUT2D eigenvalue weighted by molar-refractivity contribution is 7.89. The average Bonchev–Trinajstić information content (AvgIpc) is 2.95. The zero-order valence-electron chi connectivity index (χ0n) is 14.3. The lowest BCUT2D eigenvalue weighted by Gasteiger charge is -2.22. The summed E-state index contributed by atoms with van der Waals surface area (Å²) >= 11 is 0. The van der Waals surface area contributed by atoms with Gasteiger partial charge in [-0.1, -0.05) is 18.2 Å². The molecule has 3 rings (SSSR count). The predicted octanol–water partition coefficient (Wildman–Crippen LogP) is 1.79. The van der Waals surface area contributed by atoms with Gasteiger partial charge >= 0.3 is 0 Å². The van der Waals surface area contributed by atoms with Gasteiger partial charge in [-0.3, -0.25) is 4.79 Å². The van der Waals surface area contributed by atoms with Crippen LogP contribution < -0.4 is 0 Å². The smallest absolute Gasteiger partial charge is 0.243 e. The van der Waals surface area contributed by atoms with Gasteiger partial charge in [-0.15, -0.1) is 0 Å². The summed E-state index contributed by atoms with van der Waals surface area (Å²) in [6, 6.07) is 8.90. The molecule has 1 aromatic heterocycles. The lowest BCUT2D eigenvalue weighted by Crippen LogP contribution is -2.38. The van der Waals surface area contributed by atoms with Crippen LogP contribution in [-0.2, 0) is 21.2 Å². The SMILES string of the molecule is Cc1ccccc1S(=O)(=O)N1CCCN(C(=O)Cc2cc[nH]c2)CC1. The molecule has 1 aliphatic rings. The zero-order chi connectivity index (χ0) is 17.9. The molecule has 6 nitrogen and oxygen atoms in total. The molecule has 0 radical (unpaired) electrons. The maximum absolute atomic E-state index is 12.9. The Morgan fingerprint density at radius 1 is 1.12 bits per heavy atom. The minimum absolute atomic E-state index is 0.0368. The Morgan fingerprint density at radius 3 is 2.64 bits per heavy atom. The van der Waals surface area contributed by atoms with Crippen molar-refractivity contribution < 1.29 is 13.2 Å². The van der Waals surface area contributed by atoms with Crippen molar-refractivity contribution in [1.82, 2.24) is 14.2 Å². The third kappa shape index (κ3) is 3.93. The maximum Gasteiger partial charge on any atom is 0.243 e. The van der Waals surface area contributed by atoms with E-state index in [2.05, 4.69) is 4.98 Å². The Hall–Kier alpha value is -2.12. The third-order valence-electron chi connectivity index (χ3n) is 4.54. The molecule has 0 spiro atoms. The van der Waals surface area contributed by atoms with Crippen molar-refractivity contribution in [2.75, 3.05) is 26.2 Å². The van der Waals surface area contributed by atoms with E-state index in [1.54, 1.807) is 36.2 Å². The van der Waals surface area contributed by atoms with Gasteiger partial charge < -0.3 is 9.88 Å². The van der Waals surface area contributed by atoms with Gasteiger partial charge in [0.15, 0.2) is 0 Å². The molecule has 1 N–H and O–H groups in total. The van der Waals surface area contributed by atoms with E-state index in [-0.39, 0.29) is 5.91 Å². The van der Waals surface area contributed by atoms with Crippen molar-refractivity contribution in [2.45, 2.75) is 24.7 Å². The standard InChI is InChI=1S/C18H23N3O3S/c1-15-5-2-3-6-17(15)25(23,24)21-10-4-9-20(11-12-21)18(22)13-16-7-8-19-14-16/h2-3,5-8,14,19H,4,9-13H2,1H3. The molecule has 0 bridgehead atoms. The summed E-state index contributed by atoms with van der Waals surface area (Å²) in [5.74, 6) is 0.0368. The molecule has 0 unspecified atom stereocenters. The van der Waals surface area contributed by atoms with Crippen molar-refractivity contribution in [3.8, 4) is 0 Å². The molecular formula is C18H23N3O3S. The van der Waals surface area contributed by atoms with Crippen molar-refractivity contribution in [3.05, 3.63) is 53.9 Å². The first-order chi connectivity index (χ1) is 12.0. The number of aromatic amines is 1. The average molecular weight is 361 g/mol. The fourth-order valence-corrected chi connectivity index (χ4v) is 4.82. The molecule has 0 saturated carbocycles. The highest BCUT2D eigenvalue weighted by Crippen LogP contribution is 2.21. The lowest BCUT2D eigenvalue weighted by molar-refractivity contribution is -0.130. The first-order valence-electron chi connectivity index (χ1n) is 8.44. The number of carbonyl (C=O) groups is 1. The van der Waals surface area contributed by atoms with Gasteiger partial charge in [0.25, 0.3) is 0 Å². The molecule has 1 aliphatic heterocycles.